The van der Waals surface area contributed by atoms with Crippen molar-refractivity contribution in [3.05, 3.63) is 87.9 Å². The Balaban J connectivity index is 1.54. The first-order valence-corrected chi connectivity index (χ1v) is 10.5. The number of hydrogen-bond acceptors (Lipinski definition) is 4. The summed E-state index contributed by atoms with van der Waals surface area (Å²) in [6.07, 6.45) is 0. The molecule has 1 heterocycles. The van der Waals surface area contributed by atoms with Gasteiger partial charge in [-0.2, -0.15) is 8.42 Å². The molecular weight excluding hydrogens is 419 g/mol. The fourth-order valence-corrected chi connectivity index (χ4v) is 4.42. The summed E-state index contributed by atoms with van der Waals surface area (Å²) in [5, 5.41) is 4.13. The minimum absolute atomic E-state index is 0.162. The number of benzene rings is 3. The van der Waals surface area contributed by atoms with E-state index in [9.17, 15) is 8.42 Å². The van der Waals surface area contributed by atoms with Crippen LogP contribution in [0.4, 0.5) is 5.69 Å². The van der Waals surface area contributed by atoms with Crippen molar-refractivity contribution in [2.75, 3.05) is 5.32 Å². The van der Waals surface area contributed by atoms with Crippen molar-refractivity contribution in [1.82, 2.24) is 0 Å². The van der Waals surface area contributed by atoms with Crippen molar-refractivity contribution in [1.29, 1.82) is 0 Å². The molecule has 0 bridgehead atoms. The molecule has 0 atom stereocenters. The summed E-state index contributed by atoms with van der Waals surface area (Å²) < 4.78 is 34.4. The summed E-state index contributed by atoms with van der Waals surface area (Å²) in [5.41, 5.74) is 1.83. The Bertz CT molecular complexity index is 1160. The predicted octanol–water partition coefficient (Wildman–Crippen LogP) is 5.13. The molecule has 0 aliphatic carbocycles. The first-order valence-electron chi connectivity index (χ1n) is 8.31. The van der Waals surface area contributed by atoms with E-state index < -0.39 is 10.0 Å². The maximum absolute atomic E-state index is 12.4. The van der Waals surface area contributed by atoms with Gasteiger partial charge in [-0.25, -0.2) is 0 Å². The van der Waals surface area contributed by atoms with Crippen LogP contribution in [0.5, 0.6) is 5.75 Å². The fraction of sp³-hybridized carbons (Fsp3) is 0.0500. The molecule has 1 aliphatic heterocycles. The van der Waals surface area contributed by atoms with Gasteiger partial charge in [0.15, 0.2) is 5.84 Å². The van der Waals surface area contributed by atoms with Crippen LogP contribution in [0.15, 0.2) is 76.0 Å². The molecule has 0 fully saturated rings. The summed E-state index contributed by atoms with van der Waals surface area (Å²) in [6.45, 7) is 0.221. The molecule has 1 N–H and O–H groups in total. The van der Waals surface area contributed by atoms with Gasteiger partial charge in [-0.3, -0.25) is 0 Å². The average Bonchev–Trinajstić information content (AvgIpc) is 2.67. The van der Waals surface area contributed by atoms with E-state index in [4.69, 9.17) is 27.9 Å². The van der Waals surface area contributed by atoms with Gasteiger partial charge in [-0.05, 0) is 48.5 Å². The number of rotatable bonds is 4. The van der Waals surface area contributed by atoms with Crippen molar-refractivity contribution in [2.24, 2.45) is 4.40 Å². The first-order chi connectivity index (χ1) is 13.4. The summed E-state index contributed by atoms with van der Waals surface area (Å²) in [6, 6.07) is 18.9. The van der Waals surface area contributed by atoms with Crippen LogP contribution in [-0.2, 0) is 16.6 Å². The Morgan fingerprint density at radius 2 is 1.57 bits per heavy atom. The zero-order valence-electron chi connectivity index (χ0n) is 14.4. The lowest BCUT2D eigenvalue weighted by atomic mass is 10.2. The van der Waals surface area contributed by atoms with E-state index in [1.165, 1.54) is 6.07 Å². The highest BCUT2D eigenvalue weighted by atomic mass is 35.5. The number of nitrogens with one attached hydrogen (secondary N) is 1. The zero-order valence-corrected chi connectivity index (χ0v) is 16.7. The maximum Gasteiger partial charge on any atom is 0.286 e. The van der Waals surface area contributed by atoms with Gasteiger partial charge in [0.05, 0.1) is 5.69 Å². The second-order valence-electron chi connectivity index (χ2n) is 6.05. The van der Waals surface area contributed by atoms with E-state index in [1.54, 1.807) is 60.7 Å². The standard InChI is InChI=1S/C20H14Cl2N2O3S/c21-16-4-3-5-17(22)15(16)12-27-14-10-8-13(9-11-14)20-23-18-6-1-2-7-19(18)28(25,26)24-20/h1-11H,12H2,(H,23,24). The quantitative estimate of drug-likeness (QED) is 0.619. The molecular formula is C20H14Cl2N2O3S. The van der Waals surface area contributed by atoms with Gasteiger partial charge in [-0.15, -0.1) is 4.40 Å². The lowest BCUT2D eigenvalue weighted by Crippen LogP contribution is -2.22. The van der Waals surface area contributed by atoms with Gasteiger partial charge in [0, 0.05) is 21.2 Å². The summed E-state index contributed by atoms with van der Waals surface area (Å²) in [4.78, 5) is 0.162. The van der Waals surface area contributed by atoms with Crippen molar-refractivity contribution >= 4 is 44.7 Å². The Kier molecular flexibility index (Phi) is 5.02. The number of amidine groups is 1. The number of hydrogen-bond donors (Lipinski definition) is 1. The van der Waals surface area contributed by atoms with Gasteiger partial charge in [-0.1, -0.05) is 41.4 Å². The number of fused-ring (bicyclic) bond motifs is 1. The highest BCUT2D eigenvalue weighted by Crippen LogP contribution is 2.29. The molecule has 0 saturated heterocycles. The minimum atomic E-state index is -3.74. The molecule has 5 nitrogen and oxygen atoms in total. The third-order valence-electron chi connectivity index (χ3n) is 4.20. The van der Waals surface area contributed by atoms with Crippen LogP contribution in [0.1, 0.15) is 11.1 Å². The van der Waals surface area contributed by atoms with E-state index in [0.29, 0.717) is 32.6 Å². The Morgan fingerprint density at radius 3 is 2.29 bits per heavy atom. The van der Waals surface area contributed by atoms with E-state index in [2.05, 4.69) is 9.71 Å². The van der Waals surface area contributed by atoms with Gasteiger partial charge < -0.3 is 10.1 Å². The number of anilines is 1. The Hall–Kier alpha value is -2.54. The highest BCUT2D eigenvalue weighted by molar-refractivity contribution is 7.90. The first kappa shape index (κ1) is 18.8. The molecule has 3 aromatic rings. The maximum atomic E-state index is 12.4. The predicted molar refractivity (Wildman–Crippen MR) is 111 cm³/mol. The largest absolute Gasteiger partial charge is 0.489 e. The molecule has 1 aliphatic rings. The van der Waals surface area contributed by atoms with E-state index in [-0.39, 0.29) is 17.3 Å². The zero-order chi connectivity index (χ0) is 19.7. The summed E-state index contributed by atoms with van der Waals surface area (Å²) in [7, 11) is -3.74. The molecule has 0 spiro atoms. The van der Waals surface area contributed by atoms with Crippen LogP contribution in [0, 0.1) is 0 Å². The Labute approximate surface area is 172 Å². The van der Waals surface area contributed by atoms with Crippen LogP contribution in [0.2, 0.25) is 10.0 Å². The Morgan fingerprint density at radius 1 is 0.893 bits per heavy atom. The third-order valence-corrected chi connectivity index (χ3v) is 6.25. The fourth-order valence-electron chi connectivity index (χ4n) is 2.77. The van der Waals surface area contributed by atoms with Crippen molar-refractivity contribution in [3.63, 3.8) is 0 Å². The number of halogens is 2. The van der Waals surface area contributed by atoms with Crippen LogP contribution in [0.3, 0.4) is 0 Å². The monoisotopic (exact) mass is 432 g/mol. The number of ether oxygens (including phenoxy) is 1. The van der Waals surface area contributed by atoms with Gasteiger partial charge in [0.25, 0.3) is 10.0 Å². The molecule has 28 heavy (non-hydrogen) atoms. The van der Waals surface area contributed by atoms with Crippen LogP contribution < -0.4 is 10.1 Å². The molecule has 3 aromatic carbocycles. The van der Waals surface area contributed by atoms with Crippen molar-refractivity contribution in [2.45, 2.75) is 11.5 Å². The lowest BCUT2D eigenvalue weighted by Gasteiger charge is -2.18. The van der Waals surface area contributed by atoms with Gasteiger partial charge in [0.1, 0.15) is 17.3 Å². The number of nitrogens with zero attached hydrogens (tertiary/aromatic N) is 1. The molecule has 0 unspecified atom stereocenters. The smallest absolute Gasteiger partial charge is 0.286 e. The second-order valence-corrected chi connectivity index (χ2v) is 8.44. The number of sulfonamides is 1. The van der Waals surface area contributed by atoms with Crippen molar-refractivity contribution in [3.8, 4) is 5.75 Å². The number of para-hydroxylation sites is 1. The van der Waals surface area contributed by atoms with Gasteiger partial charge >= 0.3 is 0 Å². The van der Waals surface area contributed by atoms with Crippen LogP contribution in [0.25, 0.3) is 0 Å². The molecule has 0 amide bonds. The lowest BCUT2D eigenvalue weighted by molar-refractivity contribution is 0.306. The second kappa shape index (κ2) is 7.47. The molecule has 8 heteroatoms. The summed E-state index contributed by atoms with van der Waals surface area (Å²) >= 11 is 12.3. The van der Waals surface area contributed by atoms with E-state index in [0.717, 1.165) is 0 Å². The minimum Gasteiger partial charge on any atom is -0.489 e. The van der Waals surface area contributed by atoms with E-state index >= 15 is 0 Å². The average molecular weight is 433 g/mol. The van der Waals surface area contributed by atoms with Crippen LogP contribution >= 0.6 is 23.2 Å². The van der Waals surface area contributed by atoms with E-state index in [1.807, 2.05) is 0 Å². The SMILES string of the molecule is O=S1(=O)N=C(c2ccc(OCc3c(Cl)cccc3Cl)cc2)Nc2ccccc21. The molecule has 0 aromatic heterocycles. The van der Waals surface area contributed by atoms with Crippen molar-refractivity contribution < 1.29 is 13.2 Å². The third kappa shape index (κ3) is 3.71. The topological polar surface area (TPSA) is 67.8 Å². The summed E-state index contributed by atoms with van der Waals surface area (Å²) in [5.74, 6) is 0.860. The normalized spacial score (nSPS) is 14.6. The molecule has 0 saturated carbocycles. The van der Waals surface area contributed by atoms with Crippen LogP contribution in [-0.4, -0.2) is 14.3 Å². The molecule has 4 rings (SSSR count). The molecule has 0 radical (unpaired) electrons. The van der Waals surface area contributed by atoms with Gasteiger partial charge in [0.2, 0.25) is 0 Å². The molecule has 142 valence electrons. The highest BCUT2D eigenvalue weighted by Gasteiger charge is 2.24.